The number of hydrogen-bond donors (Lipinski definition) is 3. The molecule has 8 heteroatoms. The van der Waals surface area contributed by atoms with Crippen molar-refractivity contribution in [3.63, 3.8) is 0 Å². The molecule has 166 valence electrons. The normalized spacial score (nSPS) is 12.3. The first-order valence-electron chi connectivity index (χ1n) is 10.2. The number of aliphatic hydroxyl groups is 1. The van der Waals surface area contributed by atoms with Crippen molar-refractivity contribution in [3.8, 4) is 5.75 Å². The van der Waals surface area contributed by atoms with Crippen LogP contribution in [-0.2, 0) is 13.0 Å². The van der Waals surface area contributed by atoms with Crippen LogP contribution in [0.15, 0.2) is 47.1 Å². The third kappa shape index (κ3) is 6.06. The van der Waals surface area contributed by atoms with Crippen LogP contribution in [0.25, 0.3) is 10.9 Å². The van der Waals surface area contributed by atoms with Gasteiger partial charge in [-0.2, -0.15) is 0 Å². The number of amides is 1. The zero-order chi connectivity index (χ0) is 22.4. The van der Waals surface area contributed by atoms with E-state index in [0.717, 1.165) is 22.9 Å². The zero-order valence-corrected chi connectivity index (χ0v) is 19.0. The van der Waals surface area contributed by atoms with Crippen LogP contribution >= 0.6 is 15.9 Å². The molecule has 2 aromatic carbocycles. The van der Waals surface area contributed by atoms with E-state index in [2.05, 4.69) is 34.2 Å². The third-order valence-corrected chi connectivity index (χ3v) is 5.65. The van der Waals surface area contributed by atoms with E-state index in [4.69, 9.17) is 15.6 Å². The molecule has 0 aliphatic rings. The van der Waals surface area contributed by atoms with Crippen molar-refractivity contribution in [1.29, 1.82) is 0 Å². The monoisotopic (exact) mass is 491 g/mol. The van der Waals surface area contributed by atoms with Crippen molar-refractivity contribution in [2.45, 2.75) is 32.4 Å². The van der Waals surface area contributed by atoms with E-state index >= 15 is 0 Å². The number of carbonyl (C=O) groups is 1. The summed E-state index contributed by atoms with van der Waals surface area (Å²) in [5.41, 5.74) is 7.97. The Morgan fingerprint density at radius 1 is 1.32 bits per heavy atom. The SMILES string of the molecule is C[C@H](Cc1cc(C(N)=O)c2c(ccn2CCCO)c1)NCCOc1ccc(F)cc1Br. The fraction of sp³-hybridized carbons (Fsp3) is 0.348. The zero-order valence-electron chi connectivity index (χ0n) is 17.4. The number of nitrogens with one attached hydrogen (secondary N) is 1. The number of halogens is 2. The Kier molecular flexibility index (Phi) is 8.06. The minimum absolute atomic E-state index is 0.0919. The summed E-state index contributed by atoms with van der Waals surface area (Å²) in [4.78, 5) is 12.1. The van der Waals surface area contributed by atoms with Gasteiger partial charge in [0, 0.05) is 37.3 Å². The number of benzene rings is 2. The summed E-state index contributed by atoms with van der Waals surface area (Å²) >= 11 is 3.29. The van der Waals surface area contributed by atoms with Crippen molar-refractivity contribution in [2.24, 2.45) is 5.73 Å². The van der Waals surface area contributed by atoms with E-state index in [1.54, 1.807) is 6.07 Å². The van der Waals surface area contributed by atoms with Gasteiger partial charge in [-0.15, -0.1) is 0 Å². The summed E-state index contributed by atoms with van der Waals surface area (Å²) in [6.45, 7) is 3.84. The highest BCUT2D eigenvalue weighted by Gasteiger charge is 2.14. The molecular formula is C23H27BrFN3O3. The molecular weight excluding hydrogens is 465 g/mol. The largest absolute Gasteiger partial charge is 0.491 e. The maximum atomic E-state index is 13.1. The highest BCUT2D eigenvalue weighted by Crippen LogP contribution is 2.26. The fourth-order valence-corrected chi connectivity index (χ4v) is 4.09. The summed E-state index contributed by atoms with van der Waals surface area (Å²) < 4.78 is 21.4. The van der Waals surface area contributed by atoms with Gasteiger partial charge in [0.2, 0.25) is 0 Å². The lowest BCUT2D eigenvalue weighted by molar-refractivity contribution is 0.100. The minimum atomic E-state index is -0.463. The third-order valence-electron chi connectivity index (χ3n) is 5.03. The number of nitrogens with two attached hydrogens (primary N) is 1. The van der Waals surface area contributed by atoms with E-state index in [1.807, 2.05) is 22.9 Å². The van der Waals surface area contributed by atoms with Crippen LogP contribution in [0.2, 0.25) is 0 Å². The minimum Gasteiger partial charge on any atom is -0.491 e. The molecule has 3 aromatic rings. The Hall–Kier alpha value is -2.42. The summed E-state index contributed by atoms with van der Waals surface area (Å²) in [6.07, 6.45) is 3.25. The molecule has 0 radical (unpaired) electrons. The lowest BCUT2D eigenvalue weighted by Crippen LogP contribution is -2.32. The maximum absolute atomic E-state index is 13.1. The summed E-state index contributed by atoms with van der Waals surface area (Å²) in [5.74, 6) is -0.185. The van der Waals surface area contributed by atoms with Crippen LogP contribution in [0.4, 0.5) is 4.39 Å². The quantitative estimate of drug-likeness (QED) is 0.357. The molecule has 6 nitrogen and oxygen atoms in total. The van der Waals surface area contributed by atoms with E-state index in [9.17, 15) is 9.18 Å². The van der Waals surface area contributed by atoms with Gasteiger partial charge in [-0.05, 0) is 77.7 Å². The van der Waals surface area contributed by atoms with Gasteiger partial charge < -0.3 is 25.5 Å². The first-order valence-corrected chi connectivity index (χ1v) is 11.0. The lowest BCUT2D eigenvalue weighted by atomic mass is 10.0. The molecule has 0 unspecified atom stereocenters. The van der Waals surface area contributed by atoms with Crippen LogP contribution in [-0.4, -0.2) is 41.4 Å². The smallest absolute Gasteiger partial charge is 0.250 e. The molecule has 0 spiro atoms. The molecule has 4 N–H and O–H groups in total. The van der Waals surface area contributed by atoms with Crippen LogP contribution < -0.4 is 15.8 Å². The van der Waals surface area contributed by atoms with Gasteiger partial charge in [-0.1, -0.05) is 0 Å². The van der Waals surface area contributed by atoms with Gasteiger partial charge in [0.15, 0.2) is 0 Å². The number of aromatic nitrogens is 1. The average molecular weight is 492 g/mol. The number of aryl methyl sites for hydroxylation is 1. The van der Waals surface area contributed by atoms with E-state index in [-0.39, 0.29) is 18.5 Å². The van der Waals surface area contributed by atoms with Crippen LogP contribution in [0, 0.1) is 5.82 Å². The molecule has 0 saturated heterocycles. The molecule has 0 fully saturated rings. The van der Waals surface area contributed by atoms with Gasteiger partial charge >= 0.3 is 0 Å². The molecule has 0 aliphatic heterocycles. The van der Waals surface area contributed by atoms with Crippen LogP contribution in [0.5, 0.6) is 5.75 Å². The van der Waals surface area contributed by atoms with Crippen LogP contribution in [0.3, 0.4) is 0 Å². The van der Waals surface area contributed by atoms with Gasteiger partial charge in [0.1, 0.15) is 18.2 Å². The van der Waals surface area contributed by atoms with Crippen molar-refractivity contribution < 1.29 is 19.0 Å². The number of aliphatic hydroxyl groups excluding tert-OH is 1. The summed E-state index contributed by atoms with van der Waals surface area (Å²) in [6, 6.07) is 10.4. The molecule has 1 heterocycles. The Labute approximate surface area is 189 Å². The molecule has 0 aliphatic carbocycles. The second kappa shape index (κ2) is 10.7. The standard InChI is InChI=1S/C23H27BrFN3O3/c1-15(27-6-10-31-21-4-3-18(25)14-20(21)24)11-16-12-17-5-8-28(7-2-9-29)22(17)19(13-16)23(26)30/h3-5,8,12-15,27,29H,2,6-7,9-11H2,1H3,(H2,26,30)/t15-/m1/s1. The van der Waals surface area contributed by atoms with Crippen LogP contribution in [0.1, 0.15) is 29.3 Å². The molecule has 1 amide bonds. The second-order valence-electron chi connectivity index (χ2n) is 7.51. The van der Waals surface area contributed by atoms with Crippen molar-refractivity contribution in [3.05, 3.63) is 64.0 Å². The predicted molar refractivity (Wildman–Crippen MR) is 123 cm³/mol. The Balaban J connectivity index is 1.61. The average Bonchev–Trinajstić information content (AvgIpc) is 3.13. The topological polar surface area (TPSA) is 89.5 Å². The maximum Gasteiger partial charge on any atom is 0.250 e. The molecule has 1 atom stereocenters. The Morgan fingerprint density at radius 3 is 2.84 bits per heavy atom. The van der Waals surface area contributed by atoms with Gasteiger partial charge in [0.25, 0.3) is 5.91 Å². The Bertz CT molecular complexity index is 1050. The van der Waals surface area contributed by atoms with Gasteiger partial charge in [-0.3, -0.25) is 4.79 Å². The first-order chi connectivity index (χ1) is 14.9. The molecule has 31 heavy (non-hydrogen) atoms. The van der Waals surface area contributed by atoms with E-state index in [1.165, 1.54) is 12.1 Å². The number of primary amides is 1. The van der Waals surface area contributed by atoms with Crippen molar-refractivity contribution in [2.75, 3.05) is 19.8 Å². The van der Waals surface area contributed by atoms with E-state index in [0.29, 0.717) is 41.9 Å². The summed E-state index contributed by atoms with van der Waals surface area (Å²) in [5, 5.41) is 13.5. The van der Waals surface area contributed by atoms with Gasteiger partial charge in [-0.25, -0.2) is 4.39 Å². The number of carbonyl (C=O) groups excluding carboxylic acids is 1. The predicted octanol–water partition coefficient (Wildman–Crippen LogP) is 3.62. The first kappa shape index (κ1) is 23.2. The van der Waals surface area contributed by atoms with Gasteiger partial charge in [0.05, 0.1) is 15.6 Å². The number of hydrogen-bond acceptors (Lipinski definition) is 4. The second-order valence-corrected chi connectivity index (χ2v) is 8.37. The lowest BCUT2D eigenvalue weighted by Gasteiger charge is -2.16. The number of nitrogens with zero attached hydrogens (tertiary/aromatic N) is 1. The molecule has 3 rings (SSSR count). The van der Waals surface area contributed by atoms with Crippen molar-refractivity contribution >= 4 is 32.7 Å². The van der Waals surface area contributed by atoms with E-state index < -0.39 is 5.91 Å². The molecule has 0 bridgehead atoms. The number of fused-ring (bicyclic) bond motifs is 1. The highest BCUT2D eigenvalue weighted by atomic mass is 79.9. The molecule has 1 aromatic heterocycles. The summed E-state index contributed by atoms with van der Waals surface area (Å²) in [7, 11) is 0. The number of ether oxygens (including phenoxy) is 1. The van der Waals surface area contributed by atoms with Crippen molar-refractivity contribution in [1.82, 2.24) is 9.88 Å². The molecule has 0 saturated carbocycles. The Morgan fingerprint density at radius 2 is 2.13 bits per heavy atom. The highest BCUT2D eigenvalue weighted by molar-refractivity contribution is 9.10. The fourth-order valence-electron chi connectivity index (χ4n) is 3.63. The number of rotatable bonds is 11.